The Kier molecular flexibility index (Phi) is 5.75. The lowest BCUT2D eigenvalue weighted by molar-refractivity contribution is 0.377. The van der Waals surface area contributed by atoms with E-state index < -0.39 is 0 Å². The molecule has 2 unspecified atom stereocenters. The second-order valence-electron chi connectivity index (χ2n) is 5.17. The summed E-state index contributed by atoms with van der Waals surface area (Å²) in [5.74, 6) is 0.879. The van der Waals surface area contributed by atoms with Crippen molar-refractivity contribution in [3.05, 3.63) is 21.1 Å². The van der Waals surface area contributed by atoms with Gasteiger partial charge in [-0.15, -0.1) is 0 Å². The fourth-order valence-corrected chi connectivity index (χ4v) is 4.08. The van der Waals surface area contributed by atoms with E-state index in [1.807, 2.05) is 0 Å². The third-order valence-corrected chi connectivity index (χ3v) is 5.25. The van der Waals surface area contributed by atoms with Gasteiger partial charge >= 0.3 is 0 Å². The Hall–Kier alpha value is -0.260. The van der Waals surface area contributed by atoms with Crippen LogP contribution in [0.25, 0.3) is 0 Å². The van der Waals surface area contributed by atoms with Crippen molar-refractivity contribution in [1.82, 2.24) is 5.32 Å². The summed E-state index contributed by atoms with van der Waals surface area (Å²) in [7, 11) is 1.71. The van der Waals surface area contributed by atoms with Gasteiger partial charge in [0.15, 0.2) is 0 Å². The molecule has 0 amide bonds. The van der Waals surface area contributed by atoms with Crippen LogP contribution in [0.4, 0.5) is 5.69 Å². The second kappa shape index (κ2) is 7.14. The Morgan fingerprint density at radius 3 is 2.60 bits per heavy atom. The number of methoxy groups -OCH3 is 1. The van der Waals surface area contributed by atoms with Crippen LogP contribution < -0.4 is 15.0 Å². The first-order valence-electron chi connectivity index (χ1n) is 7.13. The van der Waals surface area contributed by atoms with E-state index in [4.69, 9.17) is 4.74 Å². The molecule has 0 radical (unpaired) electrons. The van der Waals surface area contributed by atoms with E-state index in [0.29, 0.717) is 12.1 Å². The van der Waals surface area contributed by atoms with Crippen LogP contribution >= 0.6 is 31.9 Å². The van der Waals surface area contributed by atoms with Gasteiger partial charge in [-0.3, -0.25) is 0 Å². The van der Waals surface area contributed by atoms with Crippen LogP contribution in [0.3, 0.4) is 0 Å². The molecule has 1 saturated heterocycles. The quantitative estimate of drug-likeness (QED) is 0.812. The minimum Gasteiger partial charge on any atom is -0.495 e. The molecule has 1 heterocycles. The fraction of sp³-hybridized carbons (Fsp3) is 0.600. The van der Waals surface area contributed by atoms with E-state index >= 15 is 0 Å². The Bertz CT molecular complexity index is 467. The van der Waals surface area contributed by atoms with Crippen LogP contribution in [-0.4, -0.2) is 32.3 Å². The number of ether oxygens (including phenoxy) is 1. The van der Waals surface area contributed by atoms with Gasteiger partial charge in [-0.2, -0.15) is 0 Å². The molecule has 20 heavy (non-hydrogen) atoms. The average Bonchev–Trinajstić information content (AvgIpc) is 2.47. The molecule has 0 spiro atoms. The molecule has 3 nitrogen and oxygen atoms in total. The lowest BCUT2D eigenvalue weighted by Crippen LogP contribution is -2.56. The van der Waals surface area contributed by atoms with Gasteiger partial charge in [-0.25, -0.2) is 0 Å². The lowest BCUT2D eigenvalue weighted by atomic mass is 10.0. The van der Waals surface area contributed by atoms with Gasteiger partial charge in [0, 0.05) is 35.7 Å². The van der Waals surface area contributed by atoms with E-state index in [1.165, 1.54) is 5.69 Å². The molecule has 0 aliphatic carbocycles. The van der Waals surface area contributed by atoms with Crippen molar-refractivity contribution in [2.24, 2.45) is 0 Å². The van der Waals surface area contributed by atoms with Crippen molar-refractivity contribution in [1.29, 1.82) is 0 Å². The molecule has 1 aliphatic rings. The van der Waals surface area contributed by atoms with Crippen molar-refractivity contribution >= 4 is 37.5 Å². The Labute approximate surface area is 138 Å². The topological polar surface area (TPSA) is 24.5 Å². The molecule has 0 bridgehead atoms. The molecule has 0 aromatic heterocycles. The molecule has 5 heteroatoms. The van der Waals surface area contributed by atoms with Gasteiger partial charge in [-0.05, 0) is 50.8 Å². The molecule has 1 N–H and O–H groups in total. The van der Waals surface area contributed by atoms with E-state index in [1.54, 1.807) is 7.11 Å². The van der Waals surface area contributed by atoms with Crippen LogP contribution in [0.15, 0.2) is 21.1 Å². The van der Waals surface area contributed by atoms with E-state index in [2.05, 4.69) is 68.1 Å². The highest BCUT2D eigenvalue weighted by Gasteiger charge is 2.27. The van der Waals surface area contributed by atoms with Crippen LogP contribution in [-0.2, 0) is 0 Å². The minimum absolute atomic E-state index is 0.528. The summed E-state index contributed by atoms with van der Waals surface area (Å²) in [6, 6.07) is 5.28. The Morgan fingerprint density at radius 2 is 2.00 bits per heavy atom. The Morgan fingerprint density at radius 1 is 1.25 bits per heavy atom. The predicted octanol–water partition coefficient (Wildman–Crippen LogP) is 4.19. The number of hydrogen-bond acceptors (Lipinski definition) is 3. The highest BCUT2D eigenvalue weighted by molar-refractivity contribution is 9.11. The smallest absolute Gasteiger partial charge is 0.135 e. The monoisotopic (exact) mass is 404 g/mol. The minimum atomic E-state index is 0.528. The average molecular weight is 406 g/mol. The molecule has 1 aromatic rings. The number of rotatable bonds is 4. The van der Waals surface area contributed by atoms with Crippen molar-refractivity contribution in [2.75, 3.05) is 25.1 Å². The zero-order valence-corrected chi connectivity index (χ0v) is 15.4. The van der Waals surface area contributed by atoms with E-state index in [0.717, 1.165) is 40.6 Å². The number of halogens is 2. The summed E-state index contributed by atoms with van der Waals surface area (Å²) in [6.45, 7) is 6.56. The van der Waals surface area contributed by atoms with Crippen molar-refractivity contribution in [2.45, 2.75) is 38.8 Å². The van der Waals surface area contributed by atoms with Crippen LogP contribution in [0.5, 0.6) is 5.75 Å². The summed E-state index contributed by atoms with van der Waals surface area (Å²) in [5.41, 5.74) is 1.22. The molecular formula is C15H22Br2N2O. The second-order valence-corrected chi connectivity index (χ2v) is 6.87. The van der Waals surface area contributed by atoms with E-state index in [-0.39, 0.29) is 0 Å². The van der Waals surface area contributed by atoms with E-state index in [9.17, 15) is 0 Å². The first kappa shape index (κ1) is 16.1. The molecule has 112 valence electrons. The molecule has 2 rings (SSSR count). The van der Waals surface area contributed by atoms with Gasteiger partial charge < -0.3 is 15.0 Å². The highest BCUT2D eigenvalue weighted by Crippen LogP contribution is 2.38. The van der Waals surface area contributed by atoms with Gasteiger partial charge in [0.25, 0.3) is 0 Å². The highest BCUT2D eigenvalue weighted by atomic mass is 79.9. The van der Waals surface area contributed by atoms with Gasteiger partial charge in [0.05, 0.1) is 17.3 Å². The Balaban J connectivity index is 2.36. The summed E-state index contributed by atoms with van der Waals surface area (Å²) >= 11 is 7.23. The summed E-state index contributed by atoms with van der Waals surface area (Å²) < 4.78 is 7.53. The van der Waals surface area contributed by atoms with Crippen LogP contribution in [0.1, 0.15) is 26.7 Å². The van der Waals surface area contributed by atoms with Gasteiger partial charge in [-0.1, -0.05) is 13.8 Å². The van der Waals surface area contributed by atoms with Crippen molar-refractivity contribution < 1.29 is 4.74 Å². The molecule has 2 atom stereocenters. The molecule has 1 aliphatic heterocycles. The first-order valence-corrected chi connectivity index (χ1v) is 8.72. The third-order valence-electron chi connectivity index (χ3n) is 3.99. The zero-order valence-electron chi connectivity index (χ0n) is 12.2. The molecule has 1 fully saturated rings. The third kappa shape index (κ3) is 3.31. The maximum Gasteiger partial charge on any atom is 0.135 e. The van der Waals surface area contributed by atoms with Crippen LogP contribution in [0.2, 0.25) is 0 Å². The number of piperazine rings is 1. The SMILES string of the molecule is CCC1CN(c2cc(OC)c(Br)cc2Br)C(CC)CN1. The van der Waals surface area contributed by atoms with Gasteiger partial charge in [0.1, 0.15) is 5.75 Å². The van der Waals surface area contributed by atoms with Crippen molar-refractivity contribution in [3.8, 4) is 5.75 Å². The lowest BCUT2D eigenvalue weighted by Gasteiger charge is -2.42. The normalized spacial score (nSPS) is 22.9. The number of nitrogens with one attached hydrogen (secondary N) is 1. The van der Waals surface area contributed by atoms with Crippen molar-refractivity contribution in [3.63, 3.8) is 0 Å². The standard InChI is InChI=1S/C15H22Br2N2O/c1-4-10-9-19(11(5-2)8-18-10)14-7-15(20-3)13(17)6-12(14)16/h6-7,10-11,18H,4-5,8-9H2,1-3H3. The summed E-state index contributed by atoms with van der Waals surface area (Å²) in [5, 5.41) is 3.63. The maximum absolute atomic E-state index is 5.44. The van der Waals surface area contributed by atoms with Gasteiger partial charge in [0.2, 0.25) is 0 Å². The number of benzene rings is 1. The molecular weight excluding hydrogens is 384 g/mol. The number of anilines is 1. The number of nitrogens with zero attached hydrogens (tertiary/aromatic N) is 1. The number of hydrogen-bond donors (Lipinski definition) is 1. The predicted molar refractivity (Wildman–Crippen MR) is 91.9 cm³/mol. The van der Waals surface area contributed by atoms with Crippen LogP contribution in [0, 0.1) is 0 Å². The first-order chi connectivity index (χ1) is 9.60. The largest absolute Gasteiger partial charge is 0.495 e. The fourth-order valence-electron chi connectivity index (χ4n) is 2.69. The summed E-state index contributed by atoms with van der Waals surface area (Å²) in [6.07, 6.45) is 2.28. The summed E-state index contributed by atoms with van der Waals surface area (Å²) in [4.78, 5) is 2.50. The molecule has 0 saturated carbocycles. The maximum atomic E-state index is 5.44. The zero-order chi connectivity index (χ0) is 14.7. The molecule has 1 aromatic carbocycles.